The van der Waals surface area contributed by atoms with E-state index in [0.717, 1.165) is 10.8 Å². The van der Waals surface area contributed by atoms with Gasteiger partial charge in [-0.05, 0) is 24.3 Å². The fraction of sp³-hybridized carbons (Fsp3) is 0.167. The molecule has 0 radical (unpaired) electrons. The monoisotopic (exact) mass is 399 g/mol. The Balaban J connectivity index is 1.77. The lowest BCUT2D eigenvalue weighted by Gasteiger charge is -2.29. The van der Waals surface area contributed by atoms with Crippen molar-refractivity contribution in [1.29, 1.82) is 0 Å². The first-order valence-electron chi connectivity index (χ1n) is 7.53. The van der Waals surface area contributed by atoms with Gasteiger partial charge in [0.05, 0.1) is 18.2 Å². The molecule has 1 atom stereocenters. The maximum Gasteiger partial charge on any atom is 0.435 e. The molecule has 0 amide bonds. The zero-order valence-corrected chi connectivity index (χ0v) is 14.5. The third-order valence-electron chi connectivity index (χ3n) is 4.32. The van der Waals surface area contributed by atoms with E-state index in [1.807, 2.05) is 0 Å². The van der Waals surface area contributed by atoms with Crippen molar-refractivity contribution in [2.45, 2.75) is 18.2 Å². The molecular weight excluding hydrogens is 390 g/mol. The number of rotatable bonds is 2. The summed E-state index contributed by atoms with van der Waals surface area (Å²) in [5, 5.41) is 5.52. The van der Waals surface area contributed by atoms with Crippen molar-refractivity contribution in [3.05, 3.63) is 70.1 Å². The first-order chi connectivity index (χ1) is 12.3. The Kier molecular flexibility index (Phi) is 3.93. The summed E-state index contributed by atoms with van der Waals surface area (Å²) < 4.78 is 47.0. The molecule has 134 valence electrons. The van der Waals surface area contributed by atoms with Crippen LogP contribution in [0.5, 0.6) is 0 Å². The summed E-state index contributed by atoms with van der Waals surface area (Å²) in [7, 11) is 0. The molecule has 1 aliphatic rings. The number of alkyl halides is 3. The van der Waals surface area contributed by atoms with Gasteiger partial charge in [-0.25, -0.2) is 0 Å². The number of fused-ring (bicyclic) bond motifs is 1. The number of hydrogen-bond acceptors (Lipinski definition) is 3. The Labute approximate surface area is 155 Å². The molecule has 2 heterocycles. The second-order valence-electron chi connectivity index (χ2n) is 6.00. The minimum absolute atomic E-state index is 0.0907. The zero-order valence-electron chi connectivity index (χ0n) is 13.0. The number of oxime groups is 1. The van der Waals surface area contributed by atoms with Gasteiger partial charge in [0, 0.05) is 38.4 Å². The summed E-state index contributed by atoms with van der Waals surface area (Å²) in [6, 6.07) is 8.88. The Hall–Kier alpha value is -2.18. The smallest absolute Gasteiger partial charge is 0.435 e. The number of nitrogens with zero attached hydrogens (tertiary/aromatic N) is 1. The molecule has 0 fully saturated rings. The first kappa shape index (κ1) is 17.2. The molecule has 0 saturated heterocycles. The highest BCUT2D eigenvalue weighted by Gasteiger charge is 2.62. The fourth-order valence-corrected chi connectivity index (χ4v) is 3.52. The summed E-state index contributed by atoms with van der Waals surface area (Å²) in [5.74, 6) is 0. The average Bonchev–Trinajstić information content (AvgIpc) is 3.20. The number of furan rings is 1. The topological polar surface area (TPSA) is 34.7 Å². The van der Waals surface area contributed by atoms with Crippen molar-refractivity contribution in [3.63, 3.8) is 0 Å². The van der Waals surface area contributed by atoms with E-state index in [-0.39, 0.29) is 21.3 Å². The number of halogens is 5. The lowest BCUT2D eigenvalue weighted by atomic mass is 9.86. The van der Waals surface area contributed by atoms with E-state index in [9.17, 15) is 13.2 Å². The Bertz CT molecular complexity index is 1010. The van der Waals surface area contributed by atoms with Gasteiger partial charge in [-0.15, -0.1) is 0 Å². The standard InChI is InChI=1S/C18H10Cl2F3NO2/c19-14-4-13(5-15(20)6-14)17(18(21,22)23)7-16(24-26-17)10-1-2-11-8-25-9-12(11)3-10/h1-6,8-9H,7H2. The van der Waals surface area contributed by atoms with Crippen LogP contribution < -0.4 is 0 Å². The summed E-state index contributed by atoms with van der Waals surface area (Å²) >= 11 is 11.8. The summed E-state index contributed by atoms with van der Waals surface area (Å²) in [5.41, 5.74) is -2.12. The van der Waals surface area contributed by atoms with Crippen LogP contribution in [-0.4, -0.2) is 11.9 Å². The molecule has 0 N–H and O–H groups in total. The molecule has 0 spiro atoms. The Morgan fingerprint density at radius 1 is 0.962 bits per heavy atom. The molecule has 8 heteroatoms. The van der Waals surface area contributed by atoms with Crippen LogP contribution >= 0.6 is 23.2 Å². The second kappa shape index (κ2) is 5.93. The van der Waals surface area contributed by atoms with E-state index in [0.29, 0.717) is 5.56 Å². The van der Waals surface area contributed by atoms with Crippen LogP contribution in [0, 0.1) is 0 Å². The van der Waals surface area contributed by atoms with Gasteiger partial charge in [-0.1, -0.05) is 40.5 Å². The predicted octanol–water partition coefficient (Wildman–Crippen LogP) is 6.32. The fourth-order valence-electron chi connectivity index (χ4n) is 2.99. The molecule has 2 aromatic carbocycles. The highest BCUT2D eigenvalue weighted by molar-refractivity contribution is 6.34. The van der Waals surface area contributed by atoms with Crippen molar-refractivity contribution in [2.24, 2.45) is 5.16 Å². The number of hydrogen-bond donors (Lipinski definition) is 0. The average molecular weight is 400 g/mol. The lowest BCUT2D eigenvalue weighted by Crippen LogP contribution is -2.42. The summed E-state index contributed by atoms with van der Waals surface area (Å²) in [4.78, 5) is 4.98. The maximum atomic E-state index is 14.0. The molecule has 3 aromatic rings. The quantitative estimate of drug-likeness (QED) is 0.505. The number of benzene rings is 2. The van der Waals surface area contributed by atoms with Gasteiger partial charge in [0.2, 0.25) is 0 Å². The molecule has 1 unspecified atom stereocenters. The molecule has 1 aliphatic heterocycles. The van der Waals surface area contributed by atoms with Gasteiger partial charge in [0.15, 0.2) is 0 Å². The highest BCUT2D eigenvalue weighted by Crippen LogP contribution is 2.49. The molecule has 3 nitrogen and oxygen atoms in total. The molecular formula is C18H10Cl2F3NO2. The van der Waals surface area contributed by atoms with Gasteiger partial charge in [-0.2, -0.15) is 13.2 Å². The van der Waals surface area contributed by atoms with Crippen molar-refractivity contribution >= 4 is 39.7 Å². The van der Waals surface area contributed by atoms with Crippen molar-refractivity contribution < 1.29 is 22.4 Å². The molecule has 4 rings (SSSR count). The van der Waals surface area contributed by atoms with Gasteiger partial charge < -0.3 is 9.25 Å². The van der Waals surface area contributed by atoms with Crippen LogP contribution in [0.3, 0.4) is 0 Å². The maximum absolute atomic E-state index is 14.0. The van der Waals surface area contributed by atoms with Crippen LogP contribution in [0.15, 0.2) is 58.5 Å². The molecule has 26 heavy (non-hydrogen) atoms. The van der Waals surface area contributed by atoms with E-state index in [2.05, 4.69) is 5.16 Å². The van der Waals surface area contributed by atoms with E-state index < -0.39 is 18.2 Å². The van der Waals surface area contributed by atoms with Crippen molar-refractivity contribution in [2.75, 3.05) is 0 Å². The third kappa shape index (κ3) is 2.73. The third-order valence-corrected chi connectivity index (χ3v) is 4.76. The van der Waals surface area contributed by atoms with E-state index in [1.165, 1.54) is 24.5 Å². The van der Waals surface area contributed by atoms with Gasteiger partial charge in [0.1, 0.15) is 0 Å². The molecule has 0 aliphatic carbocycles. The SMILES string of the molecule is FC(F)(F)C1(c2cc(Cl)cc(Cl)c2)CC(c2ccc3cocc3c2)=NO1. The van der Waals surface area contributed by atoms with Crippen molar-refractivity contribution in [1.82, 2.24) is 0 Å². The zero-order chi connectivity index (χ0) is 18.5. The molecule has 1 aromatic heterocycles. The van der Waals surface area contributed by atoms with Crippen LogP contribution in [0.4, 0.5) is 13.2 Å². The Morgan fingerprint density at radius 3 is 2.35 bits per heavy atom. The van der Waals surface area contributed by atoms with Crippen LogP contribution in [0.25, 0.3) is 10.8 Å². The van der Waals surface area contributed by atoms with Gasteiger partial charge in [0.25, 0.3) is 5.60 Å². The van der Waals surface area contributed by atoms with Crippen molar-refractivity contribution in [3.8, 4) is 0 Å². The minimum Gasteiger partial charge on any atom is -0.471 e. The van der Waals surface area contributed by atoms with Crippen LogP contribution in [0.1, 0.15) is 17.5 Å². The normalized spacial score (nSPS) is 20.3. The first-order valence-corrected chi connectivity index (χ1v) is 8.29. The van der Waals surface area contributed by atoms with E-state index in [4.69, 9.17) is 32.5 Å². The predicted molar refractivity (Wildman–Crippen MR) is 92.6 cm³/mol. The minimum atomic E-state index is -4.72. The summed E-state index contributed by atoms with van der Waals surface area (Å²) in [6.07, 6.45) is -2.13. The van der Waals surface area contributed by atoms with Crippen LogP contribution in [-0.2, 0) is 10.4 Å². The van der Waals surface area contributed by atoms with Gasteiger partial charge >= 0.3 is 6.18 Å². The van der Waals surface area contributed by atoms with E-state index in [1.54, 1.807) is 24.5 Å². The second-order valence-corrected chi connectivity index (χ2v) is 6.88. The molecule has 0 saturated carbocycles. The van der Waals surface area contributed by atoms with Crippen LogP contribution in [0.2, 0.25) is 10.0 Å². The Morgan fingerprint density at radius 2 is 1.65 bits per heavy atom. The molecule has 0 bridgehead atoms. The lowest BCUT2D eigenvalue weighted by molar-refractivity contribution is -0.275. The largest absolute Gasteiger partial charge is 0.471 e. The summed E-state index contributed by atoms with van der Waals surface area (Å²) in [6.45, 7) is 0. The van der Waals surface area contributed by atoms with E-state index >= 15 is 0 Å². The highest BCUT2D eigenvalue weighted by atomic mass is 35.5. The van der Waals surface area contributed by atoms with Gasteiger partial charge in [-0.3, -0.25) is 0 Å².